The first kappa shape index (κ1) is 15.0. The van der Waals surface area contributed by atoms with Crippen LogP contribution in [0.1, 0.15) is 10.4 Å². The Hall–Kier alpha value is -2.35. The van der Waals surface area contributed by atoms with Gasteiger partial charge in [-0.05, 0) is 0 Å². The Labute approximate surface area is 121 Å². The maximum atomic E-state index is 12.5. The summed E-state index contributed by atoms with van der Waals surface area (Å²) in [6.45, 7) is 1.89. The number of hydrogen-bond donors (Lipinski definition) is 0. The van der Waals surface area contributed by atoms with E-state index in [9.17, 15) is 14.9 Å². The van der Waals surface area contributed by atoms with Crippen molar-refractivity contribution in [3.63, 3.8) is 0 Å². The molecule has 0 aromatic heterocycles. The summed E-state index contributed by atoms with van der Waals surface area (Å²) >= 11 is 0. The van der Waals surface area contributed by atoms with Crippen molar-refractivity contribution in [2.75, 3.05) is 40.5 Å². The monoisotopic (exact) mass is 296 g/mol. The van der Waals surface area contributed by atoms with E-state index in [1.807, 2.05) is 0 Å². The fourth-order valence-corrected chi connectivity index (χ4v) is 2.13. The topological polar surface area (TPSA) is 91.1 Å². The predicted molar refractivity (Wildman–Crippen MR) is 72.9 cm³/mol. The van der Waals surface area contributed by atoms with Crippen molar-refractivity contribution in [2.24, 2.45) is 0 Å². The van der Waals surface area contributed by atoms with Gasteiger partial charge in [0.05, 0.1) is 44.0 Å². The second kappa shape index (κ2) is 6.40. The van der Waals surface area contributed by atoms with Crippen LogP contribution in [0.2, 0.25) is 0 Å². The van der Waals surface area contributed by atoms with Crippen LogP contribution in [0.15, 0.2) is 12.1 Å². The number of nitro benzene ring substituents is 1. The quantitative estimate of drug-likeness (QED) is 0.610. The summed E-state index contributed by atoms with van der Waals surface area (Å²) in [5.74, 6) is -0.0836. The third-order valence-electron chi connectivity index (χ3n) is 3.23. The highest BCUT2D eigenvalue weighted by atomic mass is 16.6. The zero-order valence-electron chi connectivity index (χ0n) is 11.8. The molecule has 1 amide bonds. The number of carbonyl (C=O) groups excluding carboxylic acids is 1. The molecular weight excluding hydrogens is 280 g/mol. The van der Waals surface area contributed by atoms with Gasteiger partial charge >= 0.3 is 5.69 Å². The van der Waals surface area contributed by atoms with Crippen molar-refractivity contribution < 1.29 is 23.9 Å². The lowest BCUT2D eigenvalue weighted by Gasteiger charge is -2.27. The molecule has 2 rings (SSSR count). The molecule has 1 aromatic rings. The number of methoxy groups -OCH3 is 2. The summed E-state index contributed by atoms with van der Waals surface area (Å²) in [4.78, 5) is 24.5. The molecule has 1 aliphatic heterocycles. The Kier molecular flexibility index (Phi) is 4.59. The van der Waals surface area contributed by atoms with E-state index in [-0.39, 0.29) is 28.7 Å². The third-order valence-corrected chi connectivity index (χ3v) is 3.23. The molecule has 0 aliphatic carbocycles. The smallest absolute Gasteiger partial charge is 0.314 e. The average molecular weight is 296 g/mol. The first-order chi connectivity index (χ1) is 10.1. The van der Waals surface area contributed by atoms with Gasteiger partial charge in [0.15, 0.2) is 5.75 Å². The lowest BCUT2D eigenvalue weighted by molar-refractivity contribution is -0.385. The van der Waals surface area contributed by atoms with E-state index >= 15 is 0 Å². The van der Waals surface area contributed by atoms with Gasteiger partial charge in [-0.25, -0.2) is 0 Å². The van der Waals surface area contributed by atoms with Crippen LogP contribution in [0.3, 0.4) is 0 Å². The Balaban J connectivity index is 2.41. The minimum absolute atomic E-state index is 0.0254. The van der Waals surface area contributed by atoms with E-state index in [2.05, 4.69) is 0 Å². The van der Waals surface area contributed by atoms with Gasteiger partial charge in [-0.1, -0.05) is 0 Å². The van der Waals surface area contributed by atoms with E-state index in [0.29, 0.717) is 26.3 Å². The normalized spacial score (nSPS) is 14.7. The van der Waals surface area contributed by atoms with E-state index in [1.54, 1.807) is 4.90 Å². The van der Waals surface area contributed by atoms with Crippen LogP contribution in [-0.4, -0.2) is 56.3 Å². The highest BCUT2D eigenvalue weighted by Crippen LogP contribution is 2.35. The van der Waals surface area contributed by atoms with E-state index < -0.39 is 4.92 Å². The van der Waals surface area contributed by atoms with Crippen LogP contribution in [0, 0.1) is 10.1 Å². The van der Waals surface area contributed by atoms with Crippen LogP contribution in [0.4, 0.5) is 5.69 Å². The van der Waals surface area contributed by atoms with Gasteiger partial charge in [0.1, 0.15) is 5.75 Å². The molecule has 0 spiro atoms. The molecule has 0 radical (unpaired) electrons. The van der Waals surface area contributed by atoms with Crippen molar-refractivity contribution in [1.82, 2.24) is 4.90 Å². The van der Waals surface area contributed by atoms with Crippen LogP contribution in [-0.2, 0) is 4.74 Å². The molecule has 0 saturated carbocycles. The minimum Gasteiger partial charge on any atom is -0.496 e. The highest BCUT2D eigenvalue weighted by molar-refractivity contribution is 5.98. The predicted octanol–water partition coefficient (Wildman–Crippen LogP) is 1.08. The fraction of sp³-hybridized carbons (Fsp3) is 0.462. The molecule has 0 unspecified atom stereocenters. The van der Waals surface area contributed by atoms with Gasteiger partial charge in [0.25, 0.3) is 5.91 Å². The zero-order chi connectivity index (χ0) is 15.4. The number of hydrogen-bond acceptors (Lipinski definition) is 6. The van der Waals surface area contributed by atoms with Crippen LogP contribution in [0.5, 0.6) is 11.5 Å². The number of amides is 1. The molecule has 1 heterocycles. The molecule has 114 valence electrons. The number of nitrogens with zero attached hydrogens (tertiary/aromatic N) is 2. The van der Waals surface area contributed by atoms with Crippen LogP contribution < -0.4 is 9.47 Å². The summed E-state index contributed by atoms with van der Waals surface area (Å²) in [6, 6.07) is 2.54. The van der Waals surface area contributed by atoms with Crippen molar-refractivity contribution in [2.45, 2.75) is 0 Å². The second-order valence-corrected chi connectivity index (χ2v) is 4.39. The van der Waals surface area contributed by atoms with Crippen molar-refractivity contribution in [1.29, 1.82) is 0 Å². The van der Waals surface area contributed by atoms with E-state index in [4.69, 9.17) is 14.2 Å². The zero-order valence-corrected chi connectivity index (χ0v) is 11.8. The molecule has 0 bridgehead atoms. The van der Waals surface area contributed by atoms with Gasteiger partial charge in [-0.15, -0.1) is 0 Å². The van der Waals surface area contributed by atoms with Crippen molar-refractivity contribution in [3.05, 3.63) is 27.8 Å². The summed E-state index contributed by atoms with van der Waals surface area (Å²) in [5, 5.41) is 11.0. The Morgan fingerprint density at radius 3 is 2.38 bits per heavy atom. The average Bonchev–Trinajstić information content (AvgIpc) is 2.53. The van der Waals surface area contributed by atoms with Gasteiger partial charge in [0, 0.05) is 19.2 Å². The third kappa shape index (κ3) is 3.05. The molecule has 1 aromatic carbocycles. The highest BCUT2D eigenvalue weighted by Gasteiger charge is 2.26. The molecule has 1 aliphatic rings. The summed E-state index contributed by atoms with van der Waals surface area (Å²) in [6.07, 6.45) is 0. The maximum absolute atomic E-state index is 12.5. The molecule has 1 fully saturated rings. The van der Waals surface area contributed by atoms with E-state index in [1.165, 1.54) is 26.4 Å². The molecule has 8 heteroatoms. The Morgan fingerprint density at radius 2 is 1.86 bits per heavy atom. The maximum Gasteiger partial charge on any atom is 0.314 e. The van der Waals surface area contributed by atoms with Crippen LogP contribution >= 0.6 is 0 Å². The minimum atomic E-state index is -0.579. The number of nitro groups is 1. The first-order valence-electron chi connectivity index (χ1n) is 6.36. The standard InChI is InChI=1S/C13H16N2O6/c1-19-11-8-10(15(17)18)12(20-2)7-9(11)13(16)14-3-5-21-6-4-14/h7-8H,3-6H2,1-2H3. The summed E-state index contributed by atoms with van der Waals surface area (Å²) in [5.41, 5.74) is -0.00488. The SMILES string of the molecule is COc1cc([N+](=O)[O-])c(OC)cc1C(=O)N1CCOCC1. The first-order valence-corrected chi connectivity index (χ1v) is 6.36. The molecule has 21 heavy (non-hydrogen) atoms. The summed E-state index contributed by atoms with van der Waals surface area (Å²) < 4.78 is 15.3. The number of ether oxygens (including phenoxy) is 3. The summed E-state index contributed by atoms with van der Waals surface area (Å²) in [7, 11) is 2.68. The molecule has 0 atom stereocenters. The largest absolute Gasteiger partial charge is 0.496 e. The van der Waals surface area contributed by atoms with E-state index in [0.717, 1.165) is 0 Å². The van der Waals surface area contributed by atoms with Gasteiger partial charge in [-0.3, -0.25) is 14.9 Å². The van der Waals surface area contributed by atoms with Gasteiger partial charge in [-0.2, -0.15) is 0 Å². The molecular formula is C13H16N2O6. The lowest BCUT2D eigenvalue weighted by Crippen LogP contribution is -2.40. The second-order valence-electron chi connectivity index (χ2n) is 4.39. The Bertz CT molecular complexity index is 554. The van der Waals surface area contributed by atoms with Crippen molar-refractivity contribution in [3.8, 4) is 11.5 Å². The lowest BCUT2D eigenvalue weighted by atomic mass is 10.1. The van der Waals surface area contributed by atoms with Crippen molar-refractivity contribution >= 4 is 11.6 Å². The number of benzene rings is 1. The molecule has 0 N–H and O–H groups in total. The fourth-order valence-electron chi connectivity index (χ4n) is 2.13. The molecule has 1 saturated heterocycles. The molecule has 8 nitrogen and oxygen atoms in total. The van der Waals surface area contributed by atoms with Gasteiger partial charge in [0.2, 0.25) is 0 Å². The van der Waals surface area contributed by atoms with Crippen LogP contribution in [0.25, 0.3) is 0 Å². The Morgan fingerprint density at radius 1 is 1.24 bits per heavy atom. The number of carbonyl (C=O) groups is 1. The number of rotatable bonds is 4. The number of morpholine rings is 1. The van der Waals surface area contributed by atoms with Gasteiger partial charge < -0.3 is 19.1 Å².